The fraction of sp³-hybridized carbons (Fsp3) is 0.700. The maximum atomic E-state index is 10.4. The molecule has 13 heavy (non-hydrogen) atoms. The monoisotopic (exact) mass is 178 g/mol. The molecule has 1 heterocycles. The van der Waals surface area contributed by atoms with Gasteiger partial charge in [0.2, 0.25) is 0 Å². The Morgan fingerprint density at radius 2 is 2.23 bits per heavy atom. The van der Waals surface area contributed by atoms with Crippen LogP contribution in [0.15, 0.2) is 12.3 Å². The lowest BCUT2D eigenvalue weighted by Crippen LogP contribution is -2.17. The van der Waals surface area contributed by atoms with Gasteiger partial charge in [-0.3, -0.25) is 4.68 Å². The molecule has 0 amide bonds. The average molecular weight is 178 g/mol. The van der Waals surface area contributed by atoms with Gasteiger partial charge >= 0.3 is 0 Å². The molecule has 0 aromatic carbocycles. The van der Waals surface area contributed by atoms with Gasteiger partial charge in [-0.1, -0.05) is 6.42 Å². The van der Waals surface area contributed by atoms with Crippen LogP contribution >= 0.6 is 0 Å². The number of fused-ring (bicyclic) bond motifs is 1. The van der Waals surface area contributed by atoms with Gasteiger partial charge in [-0.15, -0.1) is 0 Å². The van der Waals surface area contributed by atoms with Gasteiger partial charge in [-0.25, -0.2) is 0 Å². The van der Waals surface area contributed by atoms with Crippen LogP contribution in [0.25, 0.3) is 0 Å². The lowest BCUT2D eigenvalue weighted by molar-refractivity contribution is 0.0963. The van der Waals surface area contributed by atoms with Crippen molar-refractivity contribution in [3.05, 3.63) is 18.0 Å². The Labute approximate surface area is 77.4 Å². The van der Waals surface area contributed by atoms with E-state index in [1.54, 1.807) is 10.9 Å². The number of nitrogens with zero attached hydrogens (tertiary/aromatic N) is 2. The first-order valence-corrected chi connectivity index (χ1v) is 4.95. The topological polar surface area (TPSA) is 38.0 Å². The molecule has 1 N–H and O–H groups in total. The molecule has 3 nitrogen and oxygen atoms in total. The summed E-state index contributed by atoms with van der Waals surface area (Å²) in [6.07, 6.45) is 5.43. The van der Waals surface area contributed by atoms with Crippen molar-refractivity contribution in [2.75, 3.05) is 0 Å². The van der Waals surface area contributed by atoms with Gasteiger partial charge in [0.15, 0.2) is 0 Å². The Morgan fingerprint density at radius 3 is 2.77 bits per heavy atom. The summed E-state index contributed by atoms with van der Waals surface area (Å²) in [6.45, 7) is 0. The Balaban J connectivity index is 1.99. The fourth-order valence-corrected chi connectivity index (χ4v) is 3.07. The third-order valence-electron chi connectivity index (χ3n) is 3.77. The van der Waals surface area contributed by atoms with Crippen LogP contribution in [0.4, 0.5) is 0 Å². The van der Waals surface area contributed by atoms with Crippen molar-refractivity contribution in [2.45, 2.75) is 24.9 Å². The molecule has 2 aliphatic rings. The molecule has 2 atom stereocenters. The van der Waals surface area contributed by atoms with Crippen molar-refractivity contribution in [3.8, 4) is 0 Å². The van der Waals surface area contributed by atoms with Crippen LogP contribution < -0.4 is 0 Å². The van der Waals surface area contributed by atoms with Crippen molar-refractivity contribution >= 4 is 0 Å². The molecule has 3 rings (SSSR count). The van der Waals surface area contributed by atoms with E-state index in [1.165, 1.54) is 19.3 Å². The molecule has 1 aromatic heterocycles. The number of aryl methyl sites for hydroxylation is 1. The third-order valence-corrected chi connectivity index (χ3v) is 3.77. The Kier molecular flexibility index (Phi) is 1.25. The van der Waals surface area contributed by atoms with Crippen LogP contribution in [-0.4, -0.2) is 14.9 Å². The molecular formula is C10H14N2O. The molecule has 0 saturated heterocycles. The van der Waals surface area contributed by atoms with E-state index >= 15 is 0 Å². The van der Waals surface area contributed by atoms with Gasteiger partial charge in [0.05, 0.1) is 5.69 Å². The minimum absolute atomic E-state index is 0.517. The summed E-state index contributed by atoms with van der Waals surface area (Å²) in [5.41, 5.74) is 0.478. The van der Waals surface area contributed by atoms with E-state index in [2.05, 4.69) is 5.10 Å². The van der Waals surface area contributed by atoms with E-state index in [4.69, 9.17) is 0 Å². The number of aliphatic hydroxyl groups is 1. The third kappa shape index (κ3) is 0.759. The fourth-order valence-electron chi connectivity index (χ4n) is 3.07. The van der Waals surface area contributed by atoms with E-state index in [1.807, 2.05) is 13.1 Å². The molecule has 1 aromatic rings. The maximum absolute atomic E-state index is 10.4. The summed E-state index contributed by atoms with van der Waals surface area (Å²) in [4.78, 5) is 0. The molecule has 2 unspecified atom stereocenters. The largest absolute Gasteiger partial charge is 0.383 e. The van der Waals surface area contributed by atoms with Crippen molar-refractivity contribution < 1.29 is 5.11 Å². The Morgan fingerprint density at radius 1 is 1.54 bits per heavy atom. The van der Waals surface area contributed by atoms with E-state index < -0.39 is 5.60 Å². The van der Waals surface area contributed by atoms with E-state index in [-0.39, 0.29) is 0 Å². The summed E-state index contributed by atoms with van der Waals surface area (Å²) in [5.74, 6) is 1.03. The van der Waals surface area contributed by atoms with Crippen molar-refractivity contribution in [1.82, 2.24) is 9.78 Å². The van der Waals surface area contributed by atoms with Crippen LogP contribution in [0.1, 0.15) is 25.0 Å². The molecule has 2 saturated carbocycles. The SMILES string of the molecule is Cn1nccc1C1(O)C2CCCC21. The van der Waals surface area contributed by atoms with Gasteiger partial charge in [0.1, 0.15) is 5.60 Å². The van der Waals surface area contributed by atoms with Gasteiger partial charge in [-0.2, -0.15) is 5.10 Å². The molecule has 0 aliphatic heterocycles. The zero-order chi connectivity index (χ0) is 9.05. The minimum Gasteiger partial charge on any atom is -0.383 e. The van der Waals surface area contributed by atoms with E-state index in [9.17, 15) is 5.11 Å². The van der Waals surface area contributed by atoms with Crippen molar-refractivity contribution in [2.24, 2.45) is 18.9 Å². The van der Waals surface area contributed by atoms with E-state index in [0.717, 1.165) is 5.69 Å². The summed E-state index contributed by atoms with van der Waals surface area (Å²) in [7, 11) is 1.90. The molecule has 0 radical (unpaired) electrons. The quantitative estimate of drug-likeness (QED) is 0.697. The smallest absolute Gasteiger partial charge is 0.112 e. The second-order valence-corrected chi connectivity index (χ2v) is 4.31. The lowest BCUT2D eigenvalue weighted by Gasteiger charge is -2.14. The molecule has 2 aliphatic carbocycles. The lowest BCUT2D eigenvalue weighted by atomic mass is 10.1. The predicted molar refractivity (Wildman–Crippen MR) is 47.9 cm³/mol. The number of rotatable bonds is 1. The molecular weight excluding hydrogens is 164 g/mol. The van der Waals surface area contributed by atoms with Crippen LogP contribution in [0.3, 0.4) is 0 Å². The maximum Gasteiger partial charge on any atom is 0.112 e. The Bertz CT molecular complexity index is 334. The van der Waals surface area contributed by atoms with Crippen LogP contribution in [0.2, 0.25) is 0 Å². The molecule has 0 spiro atoms. The van der Waals surface area contributed by atoms with Gasteiger partial charge in [-0.05, 0) is 30.7 Å². The van der Waals surface area contributed by atoms with Crippen molar-refractivity contribution in [1.29, 1.82) is 0 Å². The summed E-state index contributed by atoms with van der Waals surface area (Å²) >= 11 is 0. The highest BCUT2D eigenvalue weighted by Gasteiger charge is 2.67. The normalized spacial score (nSPS) is 42.0. The predicted octanol–water partition coefficient (Wildman–Crippen LogP) is 1.04. The van der Waals surface area contributed by atoms with Crippen molar-refractivity contribution in [3.63, 3.8) is 0 Å². The molecule has 2 fully saturated rings. The van der Waals surface area contributed by atoms with Crippen LogP contribution in [0.5, 0.6) is 0 Å². The molecule has 70 valence electrons. The highest BCUT2D eigenvalue weighted by molar-refractivity contribution is 5.28. The van der Waals surface area contributed by atoms with Gasteiger partial charge in [0, 0.05) is 13.2 Å². The number of aromatic nitrogens is 2. The second kappa shape index (κ2) is 2.15. The van der Waals surface area contributed by atoms with Crippen LogP contribution in [-0.2, 0) is 12.6 Å². The highest BCUT2D eigenvalue weighted by atomic mass is 16.3. The summed E-state index contributed by atoms with van der Waals surface area (Å²) in [6, 6.07) is 1.94. The second-order valence-electron chi connectivity index (χ2n) is 4.31. The first-order valence-electron chi connectivity index (χ1n) is 4.95. The Hall–Kier alpha value is -0.830. The van der Waals surface area contributed by atoms with Gasteiger partial charge < -0.3 is 5.11 Å². The highest BCUT2D eigenvalue weighted by Crippen LogP contribution is 2.65. The standard InChI is InChI=1S/C10H14N2O/c1-12-9(5-6-11-12)10(13)7-3-2-4-8(7)10/h5-8,13H,2-4H2,1H3. The number of hydrogen-bond donors (Lipinski definition) is 1. The first kappa shape index (κ1) is 7.56. The zero-order valence-electron chi connectivity index (χ0n) is 7.77. The summed E-state index contributed by atoms with van der Waals surface area (Å²) in [5, 5.41) is 14.5. The number of hydrogen-bond acceptors (Lipinski definition) is 2. The van der Waals surface area contributed by atoms with E-state index in [0.29, 0.717) is 11.8 Å². The van der Waals surface area contributed by atoms with Gasteiger partial charge in [0.25, 0.3) is 0 Å². The molecule has 0 bridgehead atoms. The first-order chi connectivity index (χ1) is 6.24. The zero-order valence-corrected chi connectivity index (χ0v) is 7.77. The summed E-state index contributed by atoms with van der Waals surface area (Å²) < 4.78 is 1.80. The molecule has 3 heteroatoms. The average Bonchev–Trinajstić information content (AvgIpc) is 2.61. The van der Waals surface area contributed by atoms with Crippen LogP contribution in [0, 0.1) is 11.8 Å². The minimum atomic E-state index is -0.524.